The van der Waals surface area contributed by atoms with Gasteiger partial charge in [0.25, 0.3) is 0 Å². The molecule has 3 aromatic rings. The van der Waals surface area contributed by atoms with E-state index in [4.69, 9.17) is 0 Å². The summed E-state index contributed by atoms with van der Waals surface area (Å²) in [6, 6.07) is 16.3. The average Bonchev–Trinajstić information content (AvgIpc) is 3.05. The predicted octanol–water partition coefficient (Wildman–Crippen LogP) is 5.74. The van der Waals surface area contributed by atoms with Gasteiger partial charge in [-0.3, -0.25) is 5.43 Å². The van der Waals surface area contributed by atoms with Gasteiger partial charge in [-0.15, -0.1) is 23.1 Å². The molecule has 1 N–H and O–H groups in total. The molecule has 0 spiro atoms. The first-order valence-corrected chi connectivity index (χ1v) is 9.79. The molecular formula is C17H14BrN3S2. The van der Waals surface area contributed by atoms with Gasteiger partial charge in [0.15, 0.2) is 0 Å². The van der Waals surface area contributed by atoms with Crippen LogP contribution in [0.2, 0.25) is 0 Å². The second-order valence-corrected chi connectivity index (χ2v) is 7.23. The number of aromatic nitrogens is 1. The molecule has 0 atom stereocenters. The van der Waals surface area contributed by atoms with Crippen LogP contribution < -0.4 is 5.43 Å². The molecular weight excluding hydrogens is 390 g/mol. The standard InChI is InChI=1S/C17H14BrN3S2/c1-22-16-8-7-12(9-14(16)18)10-19-21-17-20-15(11-23-17)13-5-3-2-4-6-13/h2-11H,1H3,(H,20,21). The van der Waals surface area contributed by atoms with Crippen LogP contribution in [0.15, 0.2) is 68.4 Å². The van der Waals surface area contributed by atoms with E-state index in [0.29, 0.717) is 0 Å². The van der Waals surface area contributed by atoms with Crippen molar-refractivity contribution in [2.24, 2.45) is 5.10 Å². The Balaban J connectivity index is 1.67. The summed E-state index contributed by atoms with van der Waals surface area (Å²) < 4.78 is 1.08. The van der Waals surface area contributed by atoms with Crippen molar-refractivity contribution in [1.29, 1.82) is 0 Å². The maximum atomic E-state index is 4.54. The van der Waals surface area contributed by atoms with E-state index in [0.717, 1.165) is 26.4 Å². The van der Waals surface area contributed by atoms with E-state index < -0.39 is 0 Å². The van der Waals surface area contributed by atoms with Crippen LogP contribution in [0.4, 0.5) is 5.13 Å². The van der Waals surface area contributed by atoms with Gasteiger partial charge in [0.1, 0.15) is 0 Å². The number of thioether (sulfide) groups is 1. The van der Waals surface area contributed by atoms with Crippen LogP contribution in [0.5, 0.6) is 0 Å². The minimum absolute atomic E-state index is 0.778. The van der Waals surface area contributed by atoms with Crippen molar-refractivity contribution in [3.8, 4) is 11.3 Å². The van der Waals surface area contributed by atoms with Gasteiger partial charge in [-0.2, -0.15) is 5.10 Å². The van der Waals surface area contributed by atoms with Gasteiger partial charge in [0.05, 0.1) is 11.9 Å². The van der Waals surface area contributed by atoms with Crippen molar-refractivity contribution in [3.63, 3.8) is 0 Å². The summed E-state index contributed by atoms with van der Waals surface area (Å²) in [7, 11) is 0. The third-order valence-corrected chi connectivity index (χ3v) is 5.58. The number of benzene rings is 2. The van der Waals surface area contributed by atoms with Gasteiger partial charge in [-0.05, 0) is 39.9 Å². The summed E-state index contributed by atoms with van der Waals surface area (Å²) >= 11 is 6.81. The van der Waals surface area contributed by atoms with Crippen molar-refractivity contribution in [3.05, 3.63) is 63.9 Å². The average molecular weight is 404 g/mol. The van der Waals surface area contributed by atoms with E-state index in [1.54, 1.807) is 29.3 Å². The van der Waals surface area contributed by atoms with Gasteiger partial charge in [0, 0.05) is 20.3 Å². The minimum atomic E-state index is 0.778. The number of hydrogen-bond donors (Lipinski definition) is 1. The van der Waals surface area contributed by atoms with Crippen molar-refractivity contribution in [1.82, 2.24) is 4.98 Å². The molecule has 2 aromatic carbocycles. The van der Waals surface area contributed by atoms with Crippen molar-refractivity contribution < 1.29 is 0 Å². The number of hydrogen-bond acceptors (Lipinski definition) is 5. The molecule has 0 amide bonds. The van der Waals surface area contributed by atoms with E-state index in [1.165, 1.54) is 4.90 Å². The highest BCUT2D eigenvalue weighted by atomic mass is 79.9. The fourth-order valence-corrected chi connectivity index (χ4v) is 4.00. The zero-order valence-electron chi connectivity index (χ0n) is 12.4. The molecule has 0 bridgehead atoms. The van der Waals surface area contributed by atoms with Crippen LogP contribution in [0.3, 0.4) is 0 Å². The molecule has 0 saturated carbocycles. The number of nitrogens with zero attached hydrogens (tertiary/aromatic N) is 2. The Morgan fingerprint density at radius 1 is 1.22 bits per heavy atom. The van der Waals surface area contributed by atoms with E-state index in [-0.39, 0.29) is 0 Å². The Morgan fingerprint density at radius 3 is 2.78 bits per heavy atom. The number of rotatable bonds is 5. The van der Waals surface area contributed by atoms with Crippen LogP contribution in [-0.2, 0) is 0 Å². The topological polar surface area (TPSA) is 37.3 Å². The molecule has 3 nitrogen and oxygen atoms in total. The molecule has 0 aliphatic carbocycles. The lowest BCUT2D eigenvalue weighted by atomic mass is 10.2. The second-order valence-electron chi connectivity index (χ2n) is 4.67. The molecule has 0 fully saturated rings. The predicted molar refractivity (Wildman–Crippen MR) is 105 cm³/mol. The quantitative estimate of drug-likeness (QED) is 0.335. The first-order chi connectivity index (χ1) is 11.3. The zero-order chi connectivity index (χ0) is 16.1. The molecule has 0 aliphatic heterocycles. The third-order valence-electron chi connectivity index (χ3n) is 3.12. The Bertz CT molecular complexity index is 816. The lowest BCUT2D eigenvalue weighted by Crippen LogP contribution is -1.90. The molecule has 3 rings (SSSR count). The van der Waals surface area contributed by atoms with E-state index in [2.05, 4.69) is 43.8 Å². The first-order valence-electron chi connectivity index (χ1n) is 6.90. The minimum Gasteiger partial charge on any atom is -0.253 e. The fraction of sp³-hybridized carbons (Fsp3) is 0.0588. The molecule has 0 saturated heterocycles. The van der Waals surface area contributed by atoms with Gasteiger partial charge in [-0.25, -0.2) is 4.98 Å². The van der Waals surface area contributed by atoms with Crippen molar-refractivity contribution in [2.75, 3.05) is 11.7 Å². The fourth-order valence-electron chi connectivity index (χ4n) is 1.99. The van der Waals surface area contributed by atoms with Gasteiger partial charge >= 0.3 is 0 Å². The SMILES string of the molecule is CSc1ccc(C=NNc2nc(-c3ccccc3)cs2)cc1Br. The monoisotopic (exact) mass is 403 g/mol. The first kappa shape index (κ1) is 16.2. The third kappa shape index (κ3) is 4.22. The van der Waals surface area contributed by atoms with Crippen LogP contribution in [0.25, 0.3) is 11.3 Å². The summed E-state index contributed by atoms with van der Waals surface area (Å²) in [5.41, 5.74) is 6.08. The lowest BCUT2D eigenvalue weighted by Gasteiger charge is -2.01. The summed E-state index contributed by atoms with van der Waals surface area (Å²) in [6.07, 6.45) is 3.85. The maximum Gasteiger partial charge on any atom is 0.203 e. The van der Waals surface area contributed by atoms with Gasteiger partial charge < -0.3 is 0 Å². The highest BCUT2D eigenvalue weighted by Gasteiger charge is 2.03. The maximum absolute atomic E-state index is 4.54. The smallest absolute Gasteiger partial charge is 0.203 e. The molecule has 0 aliphatic rings. The molecule has 23 heavy (non-hydrogen) atoms. The number of nitrogens with one attached hydrogen (secondary N) is 1. The normalized spacial score (nSPS) is 11.0. The number of halogens is 1. The largest absolute Gasteiger partial charge is 0.253 e. The Labute approximate surface area is 152 Å². The van der Waals surface area contributed by atoms with Crippen LogP contribution >= 0.6 is 39.0 Å². The number of hydrazone groups is 1. The Kier molecular flexibility index (Phi) is 5.48. The highest BCUT2D eigenvalue weighted by Crippen LogP contribution is 2.26. The van der Waals surface area contributed by atoms with Crippen LogP contribution in [0.1, 0.15) is 5.56 Å². The Morgan fingerprint density at radius 2 is 2.04 bits per heavy atom. The van der Waals surface area contributed by atoms with Crippen LogP contribution in [-0.4, -0.2) is 17.5 Å². The van der Waals surface area contributed by atoms with Gasteiger partial charge in [0.2, 0.25) is 5.13 Å². The molecule has 1 heterocycles. The van der Waals surface area contributed by atoms with Crippen molar-refractivity contribution >= 4 is 50.4 Å². The van der Waals surface area contributed by atoms with Gasteiger partial charge in [-0.1, -0.05) is 36.4 Å². The molecule has 116 valence electrons. The second kappa shape index (κ2) is 7.77. The summed E-state index contributed by atoms with van der Waals surface area (Å²) in [5.74, 6) is 0. The summed E-state index contributed by atoms with van der Waals surface area (Å²) in [5, 5.41) is 7.06. The highest BCUT2D eigenvalue weighted by molar-refractivity contribution is 9.10. The van der Waals surface area contributed by atoms with Crippen LogP contribution in [0, 0.1) is 0 Å². The Hall–Kier alpha value is -1.63. The molecule has 0 unspecified atom stereocenters. The number of anilines is 1. The van der Waals surface area contributed by atoms with Crippen molar-refractivity contribution in [2.45, 2.75) is 4.90 Å². The van der Waals surface area contributed by atoms with E-state index in [1.807, 2.05) is 47.8 Å². The summed E-state index contributed by atoms with van der Waals surface area (Å²) in [6.45, 7) is 0. The number of thiazole rings is 1. The summed E-state index contributed by atoms with van der Waals surface area (Å²) in [4.78, 5) is 5.75. The van der Waals surface area contributed by atoms with E-state index >= 15 is 0 Å². The zero-order valence-corrected chi connectivity index (χ0v) is 15.6. The lowest BCUT2D eigenvalue weighted by molar-refractivity contribution is 1.29. The molecule has 0 radical (unpaired) electrons. The van der Waals surface area contributed by atoms with E-state index in [9.17, 15) is 0 Å². The molecule has 6 heteroatoms. The molecule has 1 aromatic heterocycles.